The first-order chi connectivity index (χ1) is 15.3. The fourth-order valence-electron chi connectivity index (χ4n) is 3.62. The zero-order chi connectivity index (χ0) is 22.9. The molecule has 2 aromatic heterocycles. The van der Waals surface area contributed by atoms with E-state index in [1.807, 2.05) is 18.2 Å². The van der Waals surface area contributed by atoms with Crippen LogP contribution in [0, 0.1) is 6.92 Å². The fraction of sp³-hybridized carbons (Fsp3) is 0.167. The van der Waals surface area contributed by atoms with E-state index in [0.29, 0.717) is 44.9 Å². The number of H-pyrrole nitrogens is 1. The molecule has 32 heavy (non-hydrogen) atoms. The van der Waals surface area contributed by atoms with Gasteiger partial charge in [0.25, 0.3) is 0 Å². The second-order valence-electron chi connectivity index (χ2n) is 7.56. The summed E-state index contributed by atoms with van der Waals surface area (Å²) in [7, 11) is -3.46. The highest BCUT2D eigenvalue weighted by atomic mass is 35.5. The first kappa shape index (κ1) is 22.0. The minimum absolute atomic E-state index is 0.0200. The smallest absolute Gasteiger partial charge is 0.232 e. The Hall–Kier alpha value is -3.16. The molecule has 0 saturated carbocycles. The third-order valence-electron chi connectivity index (χ3n) is 5.27. The molecule has 0 aliphatic rings. The third-order valence-corrected chi connectivity index (χ3v) is 7.00. The molecule has 0 fully saturated rings. The van der Waals surface area contributed by atoms with E-state index in [1.165, 1.54) is 0 Å². The summed E-state index contributed by atoms with van der Waals surface area (Å²) < 4.78 is 27.0. The number of aromatic nitrogens is 2. The third kappa shape index (κ3) is 4.40. The van der Waals surface area contributed by atoms with Gasteiger partial charge in [-0.15, -0.1) is 0 Å². The summed E-state index contributed by atoms with van der Waals surface area (Å²) in [6, 6.07) is 14.4. The normalized spacial score (nSPS) is 11.6. The first-order valence-electron chi connectivity index (χ1n) is 10.2. The van der Waals surface area contributed by atoms with Gasteiger partial charge in [-0.05, 0) is 48.7 Å². The average molecular weight is 468 g/mol. The largest absolute Gasteiger partial charge is 0.345 e. The lowest BCUT2D eigenvalue weighted by Crippen LogP contribution is -2.17. The van der Waals surface area contributed by atoms with Crippen molar-refractivity contribution in [1.29, 1.82) is 0 Å². The molecule has 2 heterocycles. The van der Waals surface area contributed by atoms with Crippen LogP contribution in [-0.4, -0.2) is 29.9 Å². The van der Waals surface area contributed by atoms with E-state index in [1.54, 1.807) is 56.6 Å². The highest BCUT2D eigenvalue weighted by Gasteiger charge is 2.20. The second kappa shape index (κ2) is 8.76. The number of aromatic amines is 1. The van der Waals surface area contributed by atoms with Crippen LogP contribution in [0.4, 0.5) is 5.69 Å². The van der Waals surface area contributed by atoms with Gasteiger partial charge in [-0.3, -0.25) is 9.52 Å². The Balaban J connectivity index is 1.73. The second-order valence-corrected chi connectivity index (χ2v) is 9.84. The molecule has 0 amide bonds. The standard InChI is InChI=1S/C24H22ClN3O3S/c1-3-11-32(30,31)28-22-6-4-5-19(15(22)2)23(29)21-14-27-24-20(21)12-17(13-26-24)16-7-9-18(25)10-8-16/h4-10,12-14,28H,3,11H2,1-2H3,(H,26,27). The quantitative estimate of drug-likeness (QED) is 0.347. The summed E-state index contributed by atoms with van der Waals surface area (Å²) in [5.41, 5.74) is 4.29. The van der Waals surface area contributed by atoms with Crippen molar-refractivity contribution in [2.45, 2.75) is 20.3 Å². The van der Waals surface area contributed by atoms with Crippen molar-refractivity contribution in [3.8, 4) is 11.1 Å². The molecule has 0 saturated heterocycles. The van der Waals surface area contributed by atoms with Crippen molar-refractivity contribution in [2.75, 3.05) is 10.5 Å². The first-order valence-corrected chi connectivity index (χ1v) is 12.2. The van der Waals surface area contributed by atoms with E-state index in [9.17, 15) is 13.2 Å². The van der Waals surface area contributed by atoms with Crippen LogP contribution in [0.2, 0.25) is 5.02 Å². The van der Waals surface area contributed by atoms with Gasteiger partial charge in [0, 0.05) is 39.5 Å². The molecule has 0 bridgehead atoms. The maximum absolute atomic E-state index is 13.4. The van der Waals surface area contributed by atoms with E-state index < -0.39 is 10.0 Å². The van der Waals surface area contributed by atoms with Crippen molar-refractivity contribution < 1.29 is 13.2 Å². The molecule has 6 nitrogen and oxygen atoms in total. The predicted octanol–water partition coefficient (Wildman–Crippen LogP) is 5.57. The number of carbonyl (C=O) groups excluding carboxylic acids is 1. The van der Waals surface area contributed by atoms with Gasteiger partial charge in [0.05, 0.1) is 11.4 Å². The highest BCUT2D eigenvalue weighted by molar-refractivity contribution is 7.92. The van der Waals surface area contributed by atoms with Gasteiger partial charge in [-0.25, -0.2) is 13.4 Å². The zero-order valence-electron chi connectivity index (χ0n) is 17.6. The van der Waals surface area contributed by atoms with Crippen LogP contribution < -0.4 is 4.72 Å². The summed E-state index contributed by atoms with van der Waals surface area (Å²) >= 11 is 5.99. The van der Waals surface area contributed by atoms with Crippen molar-refractivity contribution in [3.63, 3.8) is 0 Å². The van der Waals surface area contributed by atoms with Crippen LogP contribution in [0.3, 0.4) is 0 Å². The Kier molecular flexibility index (Phi) is 6.04. The number of pyridine rings is 1. The lowest BCUT2D eigenvalue weighted by molar-refractivity contribution is 0.103. The number of ketones is 1. The fourth-order valence-corrected chi connectivity index (χ4v) is 4.94. The number of hydrogen-bond acceptors (Lipinski definition) is 4. The molecule has 0 aliphatic heterocycles. The van der Waals surface area contributed by atoms with Crippen molar-refractivity contribution in [1.82, 2.24) is 9.97 Å². The number of nitrogens with zero attached hydrogens (tertiary/aromatic N) is 1. The molecule has 4 aromatic rings. The summed E-state index contributed by atoms with van der Waals surface area (Å²) in [4.78, 5) is 20.9. The SMILES string of the molecule is CCCS(=O)(=O)Nc1cccc(C(=O)c2c[nH]c3ncc(-c4ccc(Cl)cc4)cc23)c1C. The van der Waals surface area contributed by atoms with Crippen LogP contribution in [0.1, 0.15) is 34.8 Å². The minimum Gasteiger partial charge on any atom is -0.345 e. The Labute approximate surface area is 191 Å². The highest BCUT2D eigenvalue weighted by Crippen LogP contribution is 2.29. The number of benzene rings is 2. The molecule has 0 atom stereocenters. The average Bonchev–Trinajstić information content (AvgIpc) is 3.18. The van der Waals surface area contributed by atoms with Gasteiger partial charge in [0.2, 0.25) is 10.0 Å². The number of anilines is 1. The number of carbonyl (C=O) groups is 1. The number of rotatable bonds is 7. The van der Waals surface area contributed by atoms with Gasteiger partial charge in [-0.1, -0.05) is 42.8 Å². The Morgan fingerprint density at radius 3 is 2.56 bits per heavy atom. The molecule has 2 aromatic carbocycles. The molecular formula is C24H22ClN3O3S. The summed E-state index contributed by atoms with van der Waals surface area (Å²) in [5.74, 6) is -0.188. The zero-order valence-corrected chi connectivity index (χ0v) is 19.2. The monoisotopic (exact) mass is 467 g/mol. The summed E-state index contributed by atoms with van der Waals surface area (Å²) in [6.07, 6.45) is 3.88. The molecule has 0 radical (unpaired) electrons. The van der Waals surface area contributed by atoms with Crippen LogP contribution in [-0.2, 0) is 10.0 Å². The molecule has 0 aliphatic carbocycles. The van der Waals surface area contributed by atoms with Crippen molar-refractivity contribution in [2.24, 2.45) is 0 Å². The van der Waals surface area contributed by atoms with Crippen LogP contribution in [0.25, 0.3) is 22.2 Å². The van der Waals surface area contributed by atoms with Crippen LogP contribution in [0.5, 0.6) is 0 Å². The number of halogens is 1. The molecule has 164 valence electrons. The van der Waals surface area contributed by atoms with E-state index in [-0.39, 0.29) is 11.5 Å². The lowest BCUT2D eigenvalue weighted by Gasteiger charge is -2.13. The topological polar surface area (TPSA) is 91.9 Å². The number of nitrogens with one attached hydrogen (secondary N) is 2. The van der Waals surface area contributed by atoms with Gasteiger partial charge >= 0.3 is 0 Å². The van der Waals surface area contributed by atoms with Crippen LogP contribution >= 0.6 is 11.6 Å². The maximum Gasteiger partial charge on any atom is 0.232 e. The minimum atomic E-state index is -3.46. The van der Waals surface area contributed by atoms with Gasteiger partial charge in [0.15, 0.2) is 5.78 Å². The predicted molar refractivity (Wildman–Crippen MR) is 129 cm³/mol. The van der Waals surface area contributed by atoms with E-state index >= 15 is 0 Å². The molecule has 0 spiro atoms. The number of hydrogen-bond donors (Lipinski definition) is 2. The summed E-state index contributed by atoms with van der Waals surface area (Å²) in [5, 5.41) is 1.34. The van der Waals surface area contributed by atoms with E-state index in [0.717, 1.165) is 11.1 Å². The molecule has 8 heteroatoms. The number of fused-ring (bicyclic) bond motifs is 1. The van der Waals surface area contributed by atoms with Gasteiger partial charge < -0.3 is 4.98 Å². The maximum atomic E-state index is 13.4. The molecular weight excluding hydrogens is 446 g/mol. The van der Waals surface area contributed by atoms with Crippen molar-refractivity contribution >= 4 is 44.1 Å². The van der Waals surface area contributed by atoms with E-state index in [4.69, 9.17) is 11.6 Å². The Morgan fingerprint density at radius 2 is 1.84 bits per heavy atom. The molecule has 2 N–H and O–H groups in total. The molecule has 0 unspecified atom stereocenters. The van der Waals surface area contributed by atoms with Gasteiger partial charge in [-0.2, -0.15) is 0 Å². The van der Waals surface area contributed by atoms with Crippen molar-refractivity contribution in [3.05, 3.63) is 82.6 Å². The lowest BCUT2D eigenvalue weighted by atomic mass is 9.97. The van der Waals surface area contributed by atoms with E-state index in [2.05, 4.69) is 14.7 Å². The molecule has 4 rings (SSSR count). The van der Waals surface area contributed by atoms with Gasteiger partial charge in [0.1, 0.15) is 5.65 Å². The van der Waals surface area contributed by atoms with Crippen LogP contribution in [0.15, 0.2) is 60.9 Å². The number of sulfonamides is 1. The Morgan fingerprint density at radius 1 is 1.09 bits per heavy atom. The summed E-state index contributed by atoms with van der Waals surface area (Å²) in [6.45, 7) is 3.54. The Bertz CT molecular complexity index is 1410.